The molecule has 72 valence electrons. The minimum atomic E-state index is -1.15. The van der Waals surface area contributed by atoms with Crippen molar-refractivity contribution in [2.45, 2.75) is 45.3 Å². The van der Waals surface area contributed by atoms with Gasteiger partial charge in [-0.1, -0.05) is 38.2 Å². The molecular formula is C12H20Si. The monoisotopic (exact) mass is 192 g/mol. The maximum Gasteiger partial charge on any atom is 0.129 e. The maximum absolute atomic E-state index is 3.46. The highest BCUT2D eigenvalue weighted by atomic mass is 28.3. The van der Waals surface area contributed by atoms with Crippen LogP contribution in [-0.4, -0.2) is 8.07 Å². The van der Waals surface area contributed by atoms with Crippen molar-refractivity contribution in [2.24, 2.45) is 5.92 Å². The van der Waals surface area contributed by atoms with Crippen LogP contribution >= 0.6 is 0 Å². The zero-order valence-electron chi connectivity index (χ0n) is 9.06. The van der Waals surface area contributed by atoms with E-state index in [-0.39, 0.29) is 0 Å². The highest BCUT2D eigenvalue weighted by molar-refractivity contribution is 6.83. The first-order chi connectivity index (χ1) is 6.08. The minimum absolute atomic E-state index is 0.550. The van der Waals surface area contributed by atoms with E-state index in [1.165, 1.54) is 25.7 Å². The Labute approximate surface area is 83.4 Å². The molecule has 0 nitrogen and oxygen atoms in total. The molecule has 0 aromatic heterocycles. The molecule has 1 aliphatic carbocycles. The van der Waals surface area contributed by atoms with E-state index in [2.05, 4.69) is 43.3 Å². The van der Waals surface area contributed by atoms with Crippen LogP contribution in [0.5, 0.6) is 0 Å². The SMILES string of the molecule is C[Si](C)(C)C#C[C@@H]1C=CCCCC1. The van der Waals surface area contributed by atoms with Crippen molar-refractivity contribution in [2.75, 3.05) is 0 Å². The summed E-state index contributed by atoms with van der Waals surface area (Å²) in [6.45, 7) is 6.92. The van der Waals surface area contributed by atoms with Gasteiger partial charge in [0.15, 0.2) is 0 Å². The molecule has 0 amide bonds. The van der Waals surface area contributed by atoms with Crippen molar-refractivity contribution in [3.8, 4) is 11.5 Å². The minimum Gasteiger partial charge on any atom is -0.131 e. The molecule has 0 fully saturated rings. The normalized spacial score (nSPS) is 23.2. The second-order valence-corrected chi connectivity index (χ2v) is 9.59. The smallest absolute Gasteiger partial charge is 0.129 e. The number of allylic oxidation sites excluding steroid dienone is 2. The third-order valence-corrected chi connectivity index (χ3v) is 3.03. The molecule has 1 atom stereocenters. The van der Waals surface area contributed by atoms with Gasteiger partial charge in [0.25, 0.3) is 0 Å². The molecule has 1 rings (SSSR count). The van der Waals surface area contributed by atoms with Gasteiger partial charge in [0.2, 0.25) is 0 Å². The molecule has 1 aliphatic rings. The van der Waals surface area contributed by atoms with Crippen molar-refractivity contribution in [1.29, 1.82) is 0 Å². The second-order valence-electron chi connectivity index (χ2n) is 4.84. The number of rotatable bonds is 0. The first-order valence-electron chi connectivity index (χ1n) is 5.27. The summed E-state index contributed by atoms with van der Waals surface area (Å²) in [5, 5.41) is 0. The van der Waals surface area contributed by atoms with Crippen molar-refractivity contribution in [3.63, 3.8) is 0 Å². The number of hydrogen-bond acceptors (Lipinski definition) is 0. The third-order valence-electron chi connectivity index (χ3n) is 2.14. The lowest BCUT2D eigenvalue weighted by atomic mass is 10.1. The largest absolute Gasteiger partial charge is 0.131 e. The Morgan fingerprint density at radius 1 is 1.23 bits per heavy atom. The van der Waals surface area contributed by atoms with Crippen LogP contribution in [0.15, 0.2) is 12.2 Å². The molecule has 0 unspecified atom stereocenters. The van der Waals surface area contributed by atoms with E-state index >= 15 is 0 Å². The molecule has 0 aromatic rings. The van der Waals surface area contributed by atoms with Gasteiger partial charge < -0.3 is 0 Å². The summed E-state index contributed by atoms with van der Waals surface area (Å²) in [4.78, 5) is 0. The fourth-order valence-electron chi connectivity index (χ4n) is 1.41. The summed E-state index contributed by atoms with van der Waals surface area (Å²) in [6.07, 6.45) is 9.83. The Morgan fingerprint density at radius 2 is 2.00 bits per heavy atom. The highest BCUT2D eigenvalue weighted by Crippen LogP contribution is 2.16. The zero-order valence-corrected chi connectivity index (χ0v) is 10.1. The topological polar surface area (TPSA) is 0 Å². The van der Waals surface area contributed by atoms with Crippen LogP contribution in [0.3, 0.4) is 0 Å². The molecule has 1 heteroatoms. The zero-order chi connectivity index (χ0) is 9.73. The van der Waals surface area contributed by atoms with Crippen LogP contribution in [0, 0.1) is 17.4 Å². The lowest BCUT2D eigenvalue weighted by Gasteiger charge is -2.06. The van der Waals surface area contributed by atoms with Crippen LogP contribution in [0.25, 0.3) is 0 Å². The predicted octanol–water partition coefficient (Wildman–Crippen LogP) is 3.61. The Balaban J connectivity index is 2.54. The van der Waals surface area contributed by atoms with Gasteiger partial charge in [-0.05, 0) is 19.3 Å². The summed E-state index contributed by atoms with van der Waals surface area (Å²) in [5.74, 6) is 3.98. The summed E-state index contributed by atoms with van der Waals surface area (Å²) < 4.78 is 0. The molecule has 0 saturated carbocycles. The molecular weight excluding hydrogens is 172 g/mol. The molecule has 0 heterocycles. The second kappa shape index (κ2) is 4.67. The lowest BCUT2D eigenvalue weighted by molar-refractivity contribution is 0.658. The highest BCUT2D eigenvalue weighted by Gasteiger charge is 2.09. The first kappa shape index (κ1) is 10.6. The summed E-state index contributed by atoms with van der Waals surface area (Å²) >= 11 is 0. The molecule has 0 bridgehead atoms. The molecule has 0 aliphatic heterocycles. The summed E-state index contributed by atoms with van der Waals surface area (Å²) in [5.41, 5.74) is 3.46. The molecule has 0 saturated heterocycles. The predicted molar refractivity (Wildman–Crippen MR) is 62.2 cm³/mol. The van der Waals surface area contributed by atoms with Gasteiger partial charge in [0.05, 0.1) is 0 Å². The van der Waals surface area contributed by atoms with Crippen molar-refractivity contribution in [1.82, 2.24) is 0 Å². The Morgan fingerprint density at radius 3 is 2.69 bits per heavy atom. The van der Waals surface area contributed by atoms with Gasteiger partial charge in [-0.25, -0.2) is 0 Å². The fourth-order valence-corrected chi connectivity index (χ4v) is 2.03. The van der Waals surface area contributed by atoms with Crippen LogP contribution in [0.1, 0.15) is 25.7 Å². The summed E-state index contributed by atoms with van der Waals surface area (Å²) in [7, 11) is -1.15. The standard InChI is InChI=1S/C12H20Si/c1-13(2,3)11-10-12-8-6-4-5-7-9-12/h6,8,12H,4-5,7,9H2,1-3H3/t12-/m1/s1. The van der Waals surface area contributed by atoms with Gasteiger partial charge in [-0.2, -0.15) is 0 Å². The lowest BCUT2D eigenvalue weighted by Crippen LogP contribution is -2.16. The van der Waals surface area contributed by atoms with Crippen molar-refractivity contribution < 1.29 is 0 Å². The van der Waals surface area contributed by atoms with Crippen molar-refractivity contribution >= 4 is 8.07 Å². The van der Waals surface area contributed by atoms with E-state index in [1.54, 1.807) is 0 Å². The van der Waals surface area contributed by atoms with E-state index in [9.17, 15) is 0 Å². The number of hydrogen-bond donors (Lipinski definition) is 0. The van der Waals surface area contributed by atoms with E-state index in [1.807, 2.05) is 0 Å². The van der Waals surface area contributed by atoms with Crippen molar-refractivity contribution in [3.05, 3.63) is 12.2 Å². The van der Waals surface area contributed by atoms with Gasteiger partial charge in [0, 0.05) is 5.92 Å². The van der Waals surface area contributed by atoms with E-state index in [0.717, 1.165) is 0 Å². The van der Waals surface area contributed by atoms with Gasteiger partial charge in [-0.3, -0.25) is 0 Å². The van der Waals surface area contributed by atoms with Gasteiger partial charge in [-0.15, -0.1) is 11.5 Å². The molecule has 0 spiro atoms. The Bertz CT molecular complexity index is 234. The van der Waals surface area contributed by atoms with Crippen LogP contribution in [0.4, 0.5) is 0 Å². The van der Waals surface area contributed by atoms with Crippen LogP contribution in [0.2, 0.25) is 19.6 Å². The fraction of sp³-hybridized carbons (Fsp3) is 0.667. The Kier molecular flexibility index (Phi) is 3.81. The molecule has 13 heavy (non-hydrogen) atoms. The van der Waals surface area contributed by atoms with E-state index in [4.69, 9.17) is 0 Å². The maximum atomic E-state index is 3.46. The molecule has 0 N–H and O–H groups in total. The molecule has 0 radical (unpaired) electrons. The van der Waals surface area contributed by atoms with Crippen LogP contribution in [-0.2, 0) is 0 Å². The summed E-state index contributed by atoms with van der Waals surface area (Å²) in [6, 6.07) is 0. The van der Waals surface area contributed by atoms with Gasteiger partial charge in [0.1, 0.15) is 8.07 Å². The Hall–Kier alpha value is -0.483. The van der Waals surface area contributed by atoms with E-state index in [0.29, 0.717) is 5.92 Å². The van der Waals surface area contributed by atoms with Crippen LogP contribution < -0.4 is 0 Å². The average Bonchev–Trinajstić information content (AvgIpc) is 2.26. The average molecular weight is 192 g/mol. The third kappa shape index (κ3) is 4.95. The van der Waals surface area contributed by atoms with E-state index < -0.39 is 8.07 Å². The molecule has 0 aromatic carbocycles. The first-order valence-corrected chi connectivity index (χ1v) is 8.77. The van der Waals surface area contributed by atoms with Gasteiger partial charge >= 0.3 is 0 Å². The quantitative estimate of drug-likeness (QED) is 0.312.